The highest BCUT2D eigenvalue weighted by atomic mass is 35.5. The molecule has 2 heterocycles. The van der Waals surface area contributed by atoms with E-state index in [1.165, 1.54) is 11.3 Å². The van der Waals surface area contributed by atoms with E-state index in [4.69, 9.17) is 11.6 Å². The molecule has 32 heavy (non-hydrogen) atoms. The lowest BCUT2D eigenvalue weighted by molar-refractivity contribution is -0.138. The standard InChI is InChI=1S/C24H25ClN4O3/c25-24-10-15-7-16(11-24)9-23(8-15,14-24)22(32)27-17-12-26-28(13-17)5-6-29-20(30)18-3-1-2-4-19(18)21(29)31/h1-4,12-13,15-16H,5-11,14H2,(H,27,32)/t15-,16+,23?,24?. The van der Waals surface area contributed by atoms with E-state index in [2.05, 4.69) is 10.4 Å². The third kappa shape index (κ3) is 3.09. The number of anilines is 1. The first-order valence-electron chi connectivity index (χ1n) is 11.3. The summed E-state index contributed by atoms with van der Waals surface area (Å²) in [5, 5.41) is 7.38. The van der Waals surface area contributed by atoms with Crippen molar-refractivity contribution < 1.29 is 14.4 Å². The van der Waals surface area contributed by atoms with Crippen LogP contribution in [0.1, 0.15) is 59.2 Å². The molecule has 1 aromatic carbocycles. The van der Waals surface area contributed by atoms with Gasteiger partial charge < -0.3 is 5.32 Å². The van der Waals surface area contributed by atoms with Gasteiger partial charge in [-0.05, 0) is 62.5 Å². The lowest BCUT2D eigenvalue weighted by Crippen LogP contribution is -2.57. The molecule has 2 aromatic rings. The van der Waals surface area contributed by atoms with Crippen molar-refractivity contribution in [3.05, 3.63) is 47.8 Å². The number of carbonyl (C=O) groups excluding carboxylic acids is 3. The summed E-state index contributed by atoms with van der Waals surface area (Å²) in [6, 6.07) is 6.86. The normalized spacial score (nSPS) is 32.5. The van der Waals surface area contributed by atoms with Crippen LogP contribution in [0.25, 0.3) is 0 Å². The maximum Gasteiger partial charge on any atom is 0.261 e. The molecule has 1 aromatic heterocycles. The van der Waals surface area contributed by atoms with Crippen molar-refractivity contribution in [3.8, 4) is 0 Å². The summed E-state index contributed by atoms with van der Waals surface area (Å²) < 4.78 is 1.65. The molecule has 4 atom stereocenters. The highest BCUT2D eigenvalue weighted by Crippen LogP contribution is 2.64. The molecule has 5 aliphatic rings. The van der Waals surface area contributed by atoms with Gasteiger partial charge in [0.25, 0.3) is 11.8 Å². The smallest absolute Gasteiger partial charge is 0.261 e. The van der Waals surface area contributed by atoms with E-state index in [0.29, 0.717) is 35.2 Å². The molecular weight excluding hydrogens is 428 g/mol. The first-order chi connectivity index (χ1) is 15.3. The second-order valence-electron chi connectivity index (χ2n) is 10.1. The Morgan fingerprint density at radius 1 is 1.06 bits per heavy atom. The van der Waals surface area contributed by atoms with Crippen LogP contribution in [0, 0.1) is 17.3 Å². The minimum atomic E-state index is -0.367. The van der Waals surface area contributed by atoms with E-state index >= 15 is 0 Å². The van der Waals surface area contributed by atoms with E-state index in [-0.39, 0.29) is 34.6 Å². The summed E-state index contributed by atoms with van der Waals surface area (Å²) in [5.41, 5.74) is 1.16. The Kier molecular flexibility index (Phi) is 4.31. The number of rotatable bonds is 5. The second-order valence-corrected chi connectivity index (χ2v) is 10.9. The van der Waals surface area contributed by atoms with E-state index in [1.807, 2.05) is 0 Å². The molecule has 0 spiro atoms. The number of nitrogens with one attached hydrogen (secondary N) is 1. The Morgan fingerprint density at radius 2 is 1.72 bits per heavy atom. The third-order valence-corrected chi connectivity index (χ3v) is 8.24. The van der Waals surface area contributed by atoms with Gasteiger partial charge in [0.15, 0.2) is 0 Å². The second kappa shape index (κ2) is 6.91. The summed E-state index contributed by atoms with van der Waals surface area (Å²) >= 11 is 6.88. The number of amides is 3. The van der Waals surface area contributed by atoms with Gasteiger partial charge >= 0.3 is 0 Å². The van der Waals surface area contributed by atoms with Gasteiger partial charge in [-0.15, -0.1) is 11.6 Å². The molecule has 0 saturated heterocycles. The highest BCUT2D eigenvalue weighted by molar-refractivity contribution is 6.24. The zero-order valence-corrected chi connectivity index (χ0v) is 18.5. The van der Waals surface area contributed by atoms with E-state index in [0.717, 1.165) is 32.1 Å². The molecular formula is C24H25ClN4O3. The molecule has 1 aliphatic heterocycles. The number of fused-ring (bicyclic) bond motifs is 1. The lowest BCUT2D eigenvalue weighted by atomic mass is 9.49. The lowest BCUT2D eigenvalue weighted by Gasteiger charge is -2.59. The Hall–Kier alpha value is -2.67. The number of alkyl halides is 1. The maximum absolute atomic E-state index is 13.3. The van der Waals surface area contributed by atoms with Crippen molar-refractivity contribution in [1.29, 1.82) is 0 Å². The summed E-state index contributed by atoms with van der Waals surface area (Å²) in [5.74, 6) is 0.617. The molecule has 166 valence electrons. The molecule has 4 saturated carbocycles. The topological polar surface area (TPSA) is 84.3 Å². The van der Waals surface area contributed by atoms with Gasteiger partial charge in [0.05, 0.1) is 35.0 Å². The summed E-state index contributed by atoms with van der Waals surface area (Å²) in [7, 11) is 0. The molecule has 0 radical (unpaired) electrons. The Balaban J connectivity index is 1.11. The van der Waals surface area contributed by atoms with E-state index < -0.39 is 0 Å². The van der Waals surface area contributed by atoms with Gasteiger partial charge in [-0.3, -0.25) is 24.0 Å². The van der Waals surface area contributed by atoms with Crippen LogP contribution in [0.2, 0.25) is 0 Å². The zero-order valence-electron chi connectivity index (χ0n) is 17.7. The number of benzene rings is 1. The Bertz CT molecular complexity index is 1090. The van der Waals surface area contributed by atoms with Crippen LogP contribution in [-0.4, -0.2) is 43.8 Å². The minimum absolute atomic E-state index is 0.0523. The van der Waals surface area contributed by atoms with Crippen molar-refractivity contribution in [2.45, 2.75) is 49.9 Å². The van der Waals surface area contributed by atoms with Gasteiger partial charge in [-0.25, -0.2) is 0 Å². The Morgan fingerprint density at radius 3 is 2.34 bits per heavy atom. The SMILES string of the molecule is O=C1c2ccccc2C(=O)N1CCn1cc(NC(=O)C23C[C@@H]4C[C@@H](CC(Cl)(C4)C2)C3)cn1. The fourth-order valence-corrected chi connectivity index (χ4v) is 7.57. The molecule has 4 fully saturated rings. The van der Waals surface area contributed by atoms with Crippen molar-refractivity contribution in [2.75, 3.05) is 11.9 Å². The predicted octanol–water partition coefficient (Wildman–Crippen LogP) is 3.70. The fraction of sp³-hybridized carbons (Fsp3) is 0.500. The molecule has 3 amide bonds. The van der Waals surface area contributed by atoms with Crippen LogP contribution >= 0.6 is 11.6 Å². The molecule has 8 heteroatoms. The largest absolute Gasteiger partial charge is 0.323 e. The number of nitrogens with zero attached hydrogens (tertiary/aromatic N) is 3. The van der Waals surface area contributed by atoms with Crippen LogP contribution in [0.15, 0.2) is 36.7 Å². The van der Waals surface area contributed by atoms with Gasteiger partial charge in [0.1, 0.15) is 0 Å². The molecule has 7 nitrogen and oxygen atoms in total. The molecule has 2 unspecified atom stereocenters. The van der Waals surface area contributed by atoms with Crippen LogP contribution < -0.4 is 5.32 Å². The average molecular weight is 453 g/mol. The maximum atomic E-state index is 13.3. The number of hydrogen-bond acceptors (Lipinski definition) is 4. The van der Waals surface area contributed by atoms with Crippen LogP contribution in [0.4, 0.5) is 5.69 Å². The molecule has 4 bridgehead atoms. The van der Waals surface area contributed by atoms with Crippen LogP contribution in [-0.2, 0) is 11.3 Å². The van der Waals surface area contributed by atoms with Crippen molar-refractivity contribution >= 4 is 35.0 Å². The van der Waals surface area contributed by atoms with Crippen molar-refractivity contribution in [1.82, 2.24) is 14.7 Å². The predicted molar refractivity (Wildman–Crippen MR) is 118 cm³/mol. The van der Waals surface area contributed by atoms with Gasteiger partial charge in [-0.1, -0.05) is 12.1 Å². The van der Waals surface area contributed by atoms with Gasteiger partial charge in [-0.2, -0.15) is 5.10 Å². The first-order valence-corrected chi connectivity index (χ1v) is 11.7. The minimum Gasteiger partial charge on any atom is -0.323 e. The van der Waals surface area contributed by atoms with Gasteiger partial charge in [0.2, 0.25) is 5.91 Å². The van der Waals surface area contributed by atoms with Crippen molar-refractivity contribution in [2.24, 2.45) is 17.3 Å². The fourth-order valence-electron chi connectivity index (χ4n) is 6.88. The van der Waals surface area contributed by atoms with Crippen LogP contribution in [0.5, 0.6) is 0 Å². The monoisotopic (exact) mass is 452 g/mol. The van der Waals surface area contributed by atoms with E-state index in [1.54, 1.807) is 41.3 Å². The molecule has 4 aliphatic carbocycles. The molecule has 1 N–H and O–H groups in total. The number of aromatic nitrogens is 2. The van der Waals surface area contributed by atoms with Crippen molar-refractivity contribution in [3.63, 3.8) is 0 Å². The first kappa shape index (κ1) is 20.0. The number of halogens is 1. The van der Waals surface area contributed by atoms with Gasteiger partial charge in [0, 0.05) is 17.6 Å². The highest BCUT2D eigenvalue weighted by Gasteiger charge is 2.60. The van der Waals surface area contributed by atoms with Crippen LogP contribution in [0.3, 0.4) is 0 Å². The van der Waals surface area contributed by atoms with E-state index in [9.17, 15) is 14.4 Å². The summed E-state index contributed by atoms with van der Waals surface area (Å²) in [6.45, 7) is 0.588. The number of imide groups is 1. The average Bonchev–Trinajstić information content (AvgIpc) is 3.28. The Labute approximate surface area is 191 Å². The number of hydrogen-bond donors (Lipinski definition) is 1. The summed E-state index contributed by atoms with van der Waals surface area (Å²) in [4.78, 5) is 39.4. The molecule has 7 rings (SSSR count). The summed E-state index contributed by atoms with van der Waals surface area (Å²) in [6.07, 6.45) is 9.28. The number of carbonyl (C=O) groups is 3. The third-order valence-electron chi connectivity index (χ3n) is 7.79. The zero-order chi connectivity index (χ0) is 22.1. The quantitative estimate of drug-likeness (QED) is 0.553.